The van der Waals surface area contributed by atoms with E-state index in [9.17, 15) is 13.6 Å². The smallest absolute Gasteiger partial charge is 0.387 e. The van der Waals surface area contributed by atoms with Crippen LogP contribution in [0.25, 0.3) is 0 Å². The fourth-order valence-electron chi connectivity index (χ4n) is 1.67. The molecule has 112 valence electrons. The predicted molar refractivity (Wildman–Crippen MR) is 77.6 cm³/mol. The Labute approximate surface area is 125 Å². The normalized spacial score (nSPS) is 13.9. The third kappa shape index (κ3) is 5.07. The average Bonchev–Trinajstić information content (AvgIpc) is 2.39. The molecule has 1 unspecified atom stereocenters. The van der Waals surface area contributed by atoms with E-state index in [1.165, 1.54) is 24.3 Å². The Morgan fingerprint density at radius 1 is 1.40 bits per heavy atom. The van der Waals surface area contributed by atoms with E-state index >= 15 is 0 Å². The summed E-state index contributed by atoms with van der Waals surface area (Å²) in [4.78, 5) is 12.1. The second kappa shape index (κ2) is 7.57. The van der Waals surface area contributed by atoms with Gasteiger partial charge < -0.3 is 10.1 Å². The van der Waals surface area contributed by atoms with E-state index in [1.807, 2.05) is 13.8 Å². The van der Waals surface area contributed by atoms with E-state index in [0.29, 0.717) is 5.56 Å². The van der Waals surface area contributed by atoms with E-state index in [1.54, 1.807) is 0 Å². The number of benzene rings is 1. The molecule has 0 heterocycles. The molecule has 1 N–H and O–H groups in total. The van der Waals surface area contributed by atoms with Crippen LogP contribution in [0.3, 0.4) is 0 Å². The average molecular weight is 350 g/mol. The lowest BCUT2D eigenvalue weighted by atomic mass is 9.95. The van der Waals surface area contributed by atoms with Gasteiger partial charge in [-0.2, -0.15) is 8.78 Å². The highest BCUT2D eigenvalue weighted by Gasteiger charge is 2.24. The first-order valence-electron chi connectivity index (χ1n) is 6.33. The highest BCUT2D eigenvalue weighted by atomic mass is 79.9. The molecule has 0 saturated carbocycles. The summed E-state index contributed by atoms with van der Waals surface area (Å²) in [5.41, 5.74) is 0.125. The van der Waals surface area contributed by atoms with Crippen molar-refractivity contribution < 1.29 is 18.3 Å². The molecular weight excluding hydrogens is 332 g/mol. The van der Waals surface area contributed by atoms with E-state index in [0.717, 1.165) is 18.2 Å². The van der Waals surface area contributed by atoms with Gasteiger partial charge in [-0.15, -0.1) is 0 Å². The molecule has 0 aliphatic carbocycles. The second-order valence-corrected chi connectivity index (χ2v) is 5.50. The van der Waals surface area contributed by atoms with Gasteiger partial charge in [0.1, 0.15) is 5.75 Å². The minimum absolute atomic E-state index is 0.0373. The third-order valence-electron chi connectivity index (χ3n) is 3.18. The molecule has 0 saturated heterocycles. The van der Waals surface area contributed by atoms with Gasteiger partial charge in [0, 0.05) is 16.4 Å². The van der Waals surface area contributed by atoms with Gasteiger partial charge in [0.05, 0.1) is 0 Å². The zero-order chi connectivity index (χ0) is 15.2. The summed E-state index contributed by atoms with van der Waals surface area (Å²) in [7, 11) is 0. The van der Waals surface area contributed by atoms with Gasteiger partial charge in [0.25, 0.3) is 5.91 Å². The van der Waals surface area contributed by atoms with Crippen molar-refractivity contribution in [3.8, 4) is 5.75 Å². The molecule has 6 heteroatoms. The van der Waals surface area contributed by atoms with Crippen LogP contribution < -0.4 is 10.1 Å². The van der Waals surface area contributed by atoms with Crippen LogP contribution in [0.1, 0.15) is 37.0 Å². The van der Waals surface area contributed by atoms with Crippen LogP contribution in [0.4, 0.5) is 8.78 Å². The number of amides is 1. The molecule has 1 amide bonds. The number of hydrogen-bond donors (Lipinski definition) is 1. The fourth-order valence-corrected chi connectivity index (χ4v) is 2.55. The lowest BCUT2D eigenvalue weighted by Gasteiger charge is -2.29. The largest absolute Gasteiger partial charge is 0.435 e. The van der Waals surface area contributed by atoms with Gasteiger partial charge in [-0.05, 0) is 44.0 Å². The van der Waals surface area contributed by atoms with E-state index in [4.69, 9.17) is 0 Å². The molecule has 1 atom stereocenters. The highest BCUT2D eigenvalue weighted by Crippen LogP contribution is 2.18. The molecule has 1 aromatic carbocycles. The van der Waals surface area contributed by atoms with Crippen LogP contribution in [0.15, 0.2) is 24.3 Å². The number of nitrogens with one attached hydrogen (secondary N) is 1. The third-order valence-corrected chi connectivity index (χ3v) is 3.58. The standard InChI is InChI=1S/C14H18BrF2NO2/c1-3-14(2,8-9-15)18-12(19)10-4-6-11(7-5-10)20-13(16)17/h4-7,13H,3,8-9H2,1-2H3,(H,18,19). The Balaban J connectivity index is 2.72. The number of rotatable bonds is 7. The summed E-state index contributed by atoms with van der Waals surface area (Å²) in [6.07, 6.45) is 1.61. The molecule has 3 nitrogen and oxygen atoms in total. The Bertz CT molecular complexity index is 439. The van der Waals surface area contributed by atoms with Gasteiger partial charge in [-0.1, -0.05) is 22.9 Å². The maximum Gasteiger partial charge on any atom is 0.387 e. The fraction of sp³-hybridized carbons (Fsp3) is 0.500. The Hall–Kier alpha value is -1.17. The van der Waals surface area contributed by atoms with Crippen LogP contribution in [-0.2, 0) is 0 Å². The van der Waals surface area contributed by atoms with Gasteiger partial charge in [0.2, 0.25) is 0 Å². The maximum atomic E-state index is 12.1. The van der Waals surface area contributed by atoms with Crippen molar-refractivity contribution in [2.75, 3.05) is 5.33 Å². The predicted octanol–water partition coefficient (Wildman–Crippen LogP) is 3.97. The Morgan fingerprint density at radius 2 is 2.00 bits per heavy atom. The zero-order valence-electron chi connectivity index (χ0n) is 11.5. The van der Waals surface area contributed by atoms with Gasteiger partial charge in [0.15, 0.2) is 0 Å². The van der Waals surface area contributed by atoms with Crippen LogP contribution in [-0.4, -0.2) is 23.4 Å². The number of halogens is 3. The molecule has 0 aromatic heterocycles. The monoisotopic (exact) mass is 349 g/mol. The van der Waals surface area contributed by atoms with Crippen LogP contribution in [0.5, 0.6) is 5.75 Å². The van der Waals surface area contributed by atoms with Crippen molar-refractivity contribution in [2.24, 2.45) is 0 Å². The molecule has 0 fully saturated rings. The van der Waals surface area contributed by atoms with E-state index < -0.39 is 6.61 Å². The quantitative estimate of drug-likeness (QED) is 0.756. The minimum Gasteiger partial charge on any atom is -0.435 e. The van der Waals surface area contributed by atoms with Gasteiger partial charge in [-0.25, -0.2) is 0 Å². The number of alkyl halides is 3. The van der Waals surface area contributed by atoms with E-state index in [2.05, 4.69) is 26.0 Å². The van der Waals surface area contributed by atoms with Gasteiger partial charge >= 0.3 is 6.61 Å². The maximum absolute atomic E-state index is 12.1. The molecule has 1 rings (SSSR count). The van der Waals surface area contributed by atoms with Crippen LogP contribution >= 0.6 is 15.9 Å². The van der Waals surface area contributed by atoms with Crippen LogP contribution in [0, 0.1) is 0 Å². The molecular formula is C14H18BrF2NO2. The van der Waals surface area contributed by atoms with Crippen LogP contribution in [0.2, 0.25) is 0 Å². The van der Waals surface area contributed by atoms with Crippen molar-refractivity contribution >= 4 is 21.8 Å². The lowest BCUT2D eigenvalue weighted by Crippen LogP contribution is -2.45. The Morgan fingerprint density at radius 3 is 2.45 bits per heavy atom. The molecule has 20 heavy (non-hydrogen) atoms. The zero-order valence-corrected chi connectivity index (χ0v) is 13.0. The highest BCUT2D eigenvalue weighted by molar-refractivity contribution is 9.09. The number of carbonyl (C=O) groups excluding carboxylic acids is 1. The second-order valence-electron chi connectivity index (χ2n) is 4.71. The summed E-state index contributed by atoms with van der Waals surface area (Å²) in [6, 6.07) is 5.65. The molecule has 0 bridgehead atoms. The first-order valence-corrected chi connectivity index (χ1v) is 7.45. The Kier molecular flexibility index (Phi) is 6.39. The first kappa shape index (κ1) is 16.9. The number of hydrogen-bond acceptors (Lipinski definition) is 2. The number of ether oxygens (including phenoxy) is 1. The summed E-state index contributed by atoms with van der Waals surface area (Å²) in [5.74, 6) is -0.186. The van der Waals surface area contributed by atoms with Gasteiger partial charge in [-0.3, -0.25) is 4.79 Å². The minimum atomic E-state index is -2.86. The SMILES string of the molecule is CCC(C)(CCBr)NC(=O)c1ccc(OC(F)F)cc1. The number of carbonyl (C=O) groups is 1. The molecule has 0 spiro atoms. The summed E-state index contributed by atoms with van der Waals surface area (Å²) in [5, 5.41) is 3.75. The topological polar surface area (TPSA) is 38.3 Å². The summed E-state index contributed by atoms with van der Waals surface area (Å²) >= 11 is 3.37. The summed E-state index contributed by atoms with van der Waals surface area (Å²) < 4.78 is 28.3. The molecule has 0 aliphatic heterocycles. The first-order chi connectivity index (χ1) is 9.40. The van der Waals surface area contributed by atoms with Crippen molar-refractivity contribution in [3.63, 3.8) is 0 Å². The van der Waals surface area contributed by atoms with Crippen molar-refractivity contribution in [1.82, 2.24) is 5.32 Å². The van der Waals surface area contributed by atoms with E-state index in [-0.39, 0.29) is 17.2 Å². The lowest BCUT2D eigenvalue weighted by molar-refractivity contribution is -0.0498. The molecule has 1 aromatic rings. The van der Waals surface area contributed by atoms with Crippen molar-refractivity contribution in [3.05, 3.63) is 29.8 Å². The summed E-state index contributed by atoms with van der Waals surface area (Å²) in [6.45, 7) is 1.11. The molecule has 0 radical (unpaired) electrons. The van der Waals surface area contributed by atoms with Crippen molar-refractivity contribution in [1.29, 1.82) is 0 Å². The molecule has 0 aliphatic rings. The van der Waals surface area contributed by atoms with Crippen molar-refractivity contribution in [2.45, 2.75) is 38.8 Å².